The van der Waals surface area contributed by atoms with Crippen LogP contribution in [0.5, 0.6) is 0 Å². The maximum Gasteiger partial charge on any atom is 0.0748 e. The highest BCUT2D eigenvalue weighted by Gasteiger charge is 2.09. The monoisotopic (exact) mass is 310 g/mol. The van der Waals surface area contributed by atoms with Gasteiger partial charge in [-0.2, -0.15) is 0 Å². The lowest BCUT2D eigenvalue weighted by molar-refractivity contribution is 0.0983. The summed E-state index contributed by atoms with van der Waals surface area (Å²) in [6.45, 7) is 6.00. The van der Waals surface area contributed by atoms with E-state index in [2.05, 4.69) is 25.3 Å². The fourth-order valence-electron chi connectivity index (χ4n) is 2.24. The van der Waals surface area contributed by atoms with Crippen LogP contribution in [0.4, 0.5) is 0 Å². The molecule has 2 aromatic rings. The summed E-state index contributed by atoms with van der Waals surface area (Å²) in [5, 5.41) is 19.9. The van der Waals surface area contributed by atoms with Gasteiger partial charge in [-0.05, 0) is 24.0 Å². The predicted molar refractivity (Wildman–Crippen MR) is 98.1 cm³/mol. The average molecular weight is 310 g/mol. The SMILES string of the molecule is C=C.O[C@@H](CCc1ccccc1)C[C@H](O)/C=C/c1ccccc1. The zero-order chi connectivity index (χ0) is 16.9. The highest BCUT2D eigenvalue weighted by atomic mass is 16.3. The van der Waals surface area contributed by atoms with Gasteiger partial charge in [0, 0.05) is 6.42 Å². The zero-order valence-corrected chi connectivity index (χ0v) is 13.5. The van der Waals surface area contributed by atoms with Gasteiger partial charge in [-0.15, -0.1) is 13.2 Å². The molecule has 0 aliphatic heterocycles. The van der Waals surface area contributed by atoms with E-state index in [4.69, 9.17) is 0 Å². The molecule has 0 spiro atoms. The van der Waals surface area contributed by atoms with Gasteiger partial charge in [-0.3, -0.25) is 0 Å². The Morgan fingerprint density at radius 1 is 0.870 bits per heavy atom. The van der Waals surface area contributed by atoms with Gasteiger partial charge in [0.15, 0.2) is 0 Å². The third-order valence-corrected chi connectivity index (χ3v) is 3.43. The van der Waals surface area contributed by atoms with Crippen molar-refractivity contribution in [2.24, 2.45) is 0 Å². The molecule has 2 nitrogen and oxygen atoms in total. The fraction of sp³-hybridized carbons (Fsp3) is 0.238. The number of hydrogen-bond donors (Lipinski definition) is 2. The molecule has 0 saturated carbocycles. The van der Waals surface area contributed by atoms with Crippen LogP contribution in [0.15, 0.2) is 79.9 Å². The molecule has 0 bridgehead atoms. The molecular weight excluding hydrogens is 284 g/mol. The summed E-state index contributed by atoms with van der Waals surface area (Å²) in [5.41, 5.74) is 2.26. The van der Waals surface area contributed by atoms with Crippen molar-refractivity contribution in [2.45, 2.75) is 31.5 Å². The van der Waals surface area contributed by atoms with E-state index in [-0.39, 0.29) is 0 Å². The summed E-state index contributed by atoms with van der Waals surface area (Å²) >= 11 is 0. The van der Waals surface area contributed by atoms with E-state index in [1.165, 1.54) is 5.56 Å². The van der Waals surface area contributed by atoms with Crippen LogP contribution in [-0.4, -0.2) is 22.4 Å². The molecule has 2 heteroatoms. The van der Waals surface area contributed by atoms with Gasteiger partial charge in [-0.25, -0.2) is 0 Å². The van der Waals surface area contributed by atoms with E-state index >= 15 is 0 Å². The summed E-state index contributed by atoms with van der Waals surface area (Å²) < 4.78 is 0. The molecule has 2 rings (SSSR count). The Bertz CT molecular complexity index is 549. The van der Waals surface area contributed by atoms with Crippen molar-refractivity contribution in [2.75, 3.05) is 0 Å². The van der Waals surface area contributed by atoms with Crippen LogP contribution in [0.25, 0.3) is 6.08 Å². The quantitative estimate of drug-likeness (QED) is 0.751. The summed E-state index contributed by atoms with van der Waals surface area (Å²) in [7, 11) is 0. The zero-order valence-electron chi connectivity index (χ0n) is 13.5. The molecule has 2 N–H and O–H groups in total. The van der Waals surface area contributed by atoms with Gasteiger partial charge in [0.2, 0.25) is 0 Å². The molecule has 0 aliphatic rings. The van der Waals surface area contributed by atoms with Gasteiger partial charge in [0.05, 0.1) is 12.2 Å². The molecular formula is C21H26O2. The van der Waals surface area contributed by atoms with Crippen LogP contribution in [0.2, 0.25) is 0 Å². The summed E-state index contributed by atoms with van der Waals surface area (Å²) in [6, 6.07) is 19.9. The van der Waals surface area contributed by atoms with Gasteiger partial charge >= 0.3 is 0 Å². The van der Waals surface area contributed by atoms with E-state index in [0.717, 1.165) is 12.0 Å². The van der Waals surface area contributed by atoms with Crippen molar-refractivity contribution >= 4 is 6.08 Å². The first-order valence-electron chi connectivity index (χ1n) is 7.87. The van der Waals surface area contributed by atoms with Gasteiger partial charge < -0.3 is 10.2 Å². The van der Waals surface area contributed by atoms with Crippen molar-refractivity contribution in [1.82, 2.24) is 0 Å². The minimum Gasteiger partial charge on any atom is -0.393 e. The Morgan fingerprint density at radius 3 is 2.04 bits per heavy atom. The highest BCUT2D eigenvalue weighted by Crippen LogP contribution is 2.11. The van der Waals surface area contributed by atoms with Crippen LogP contribution < -0.4 is 0 Å². The molecule has 0 fully saturated rings. The maximum atomic E-state index is 9.98. The second kappa shape index (κ2) is 11.4. The van der Waals surface area contributed by atoms with E-state index in [9.17, 15) is 10.2 Å². The molecule has 0 amide bonds. The van der Waals surface area contributed by atoms with Crippen LogP contribution in [0, 0.1) is 0 Å². The minimum absolute atomic E-state index is 0.371. The van der Waals surface area contributed by atoms with Crippen molar-refractivity contribution in [3.8, 4) is 0 Å². The van der Waals surface area contributed by atoms with E-state index in [1.807, 2.05) is 54.6 Å². The second-order valence-electron chi connectivity index (χ2n) is 5.25. The number of aliphatic hydroxyl groups excluding tert-OH is 2. The maximum absolute atomic E-state index is 9.98. The molecule has 2 aromatic carbocycles. The number of benzene rings is 2. The Morgan fingerprint density at radius 2 is 1.43 bits per heavy atom. The molecule has 0 radical (unpaired) electrons. The second-order valence-corrected chi connectivity index (χ2v) is 5.25. The Balaban J connectivity index is 0.00000127. The van der Waals surface area contributed by atoms with Crippen molar-refractivity contribution < 1.29 is 10.2 Å². The molecule has 2 atom stereocenters. The lowest BCUT2D eigenvalue weighted by Gasteiger charge is -2.13. The Hall–Kier alpha value is -2.16. The normalized spacial score (nSPS) is 13.1. The topological polar surface area (TPSA) is 40.5 Å². The highest BCUT2D eigenvalue weighted by molar-refractivity contribution is 5.49. The molecule has 0 heterocycles. The smallest absolute Gasteiger partial charge is 0.0748 e. The van der Waals surface area contributed by atoms with Crippen LogP contribution >= 0.6 is 0 Å². The summed E-state index contributed by atoms with van der Waals surface area (Å²) in [4.78, 5) is 0. The van der Waals surface area contributed by atoms with Gasteiger partial charge in [-0.1, -0.05) is 72.8 Å². The van der Waals surface area contributed by atoms with Crippen molar-refractivity contribution in [3.05, 3.63) is 91.0 Å². The van der Waals surface area contributed by atoms with Crippen LogP contribution in [-0.2, 0) is 6.42 Å². The number of rotatable bonds is 7. The Kier molecular flexibility index (Phi) is 9.37. The number of hydrogen-bond acceptors (Lipinski definition) is 2. The van der Waals surface area contributed by atoms with Crippen LogP contribution in [0.3, 0.4) is 0 Å². The average Bonchev–Trinajstić information content (AvgIpc) is 2.62. The molecule has 0 aromatic heterocycles. The van der Waals surface area contributed by atoms with Crippen molar-refractivity contribution in [3.63, 3.8) is 0 Å². The largest absolute Gasteiger partial charge is 0.393 e. The summed E-state index contributed by atoms with van der Waals surface area (Å²) in [6.07, 6.45) is 4.39. The fourth-order valence-corrected chi connectivity index (χ4v) is 2.24. The van der Waals surface area contributed by atoms with E-state index in [0.29, 0.717) is 12.8 Å². The molecule has 0 unspecified atom stereocenters. The molecule has 0 saturated heterocycles. The minimum atomic E-state index is -0.615. The number of aryl methyl sites for hydroxylation is 1. The standard InChI is InChI=1S/C19H22O2.C2H4/c20-18(13-11-16-7-3-1-4-8-16)15-19(21)14-12-17-9-5-2-6-10-17;1-2/h1-11,13,18-21H,12,14-15H2;1-2H2/b13-11+;/t18-,19+;/m1./s1. The first kappa shape index (κ1) is 18.9. The Labute approximate surface area is 139 Å². The lowest BCUT2D eigenvalue weighted by atomic mass is 10.0. The van der Waals surface area contributed by atoms with E-state index < -0.39 is 12.2 Å². The number of aliphatic hydroxyl groups is 2. The molecule has 23 heavy (non-hydrogen) atoms. The van der Waals surface area contributed by atoms with E-state index in [1.54, 1.807) is 6.08 Å². The van der Waals surface area contributed by atoms with Gasteiger partial charge in [0.1, 0.15) is 0 Å². The molecule has 0 aliphatic carbocycles. The van der Waals surface area contributed by atoms with Crippen LogP contribution in [0.1, 0.15) is 24.0 Å². The lowest BCUT2D eigenvalue weighted by Crippen LogP contribution is -2.16. The van der Waals surface area contributed by atoms with Gasteiger partial charge in [0.25, 0.3) is 0 Å². The third kappa shape index (κ3) is 8.15. The van der Waals surface area contributed by atoms with Crippen molar-refractivity contribution in [1.29, 1.82) is 0 Å². The first-order valence-corrected chi connectivity index (χ1v) is 7.87. The molecule has 122 valence electrons. The predicted octanol–water partition coefficient (Wildman–Crippen LogP) is 4.25. The third-order valence-electron chi connectivity index (χ3n) is 3.43. The first-order chi connectivity index (χ1) is 11.2. The summed E-state index contributed by atoms with van der Waals surface area (Å²) in [5.74, 6) is 0.